The second kappa shape index (κ2) is 10.5. The Kier molecular flexibility index (Phi) is 8.05. The molecule has 0 atom stereocenters. The molecule has 34 heavy (non-hydrogen) atoms. The number of rotatable bonds is 7. The van der Waals surface area contributed by atoms with E-state index in [2.05, 4.69) is 24.9 Å². The van der Waals surface area contributed by atoms with Crippen LogP contribution in [0.5, 0.6) is 0 Å². The maximum absolute atomic E-state index is 13.4. The van der Waals surface area contributed by atoms with Gasteiger partial charge in [0.1, 0.15) is 5.82 Å². The molecule has 0 unspecified atom stereocenters. The molecule has 1 aliphatic rings. The highest BCUT2D eigenvalue weighted by Gasteiger charge is 2.26. The van der Waals surface area contributed by atoms with Gasteiger partial charge in [-0.05, 0) is 65.9 Å². The topological polar surface area (TPSA) is 110 Å². The Bertz CT molecular complexity index is 1120. The van der Waals surface area contributed by atoms with Gasteiger partial charge in [0, 0.05) is 48.5 Å². The summed E-state index contributed by atoms with van der Waals surface area (Å²) >= 11 is 0. The van der Waals surface area contributed by atoms with Crippen LogP contribution in [-0.2, 0) is 23.0 Å². The lowest BCUT2D eigenvalue weighted by Gasteiger charge is -2.23. The second-order valence-electron chi connectivity index (χ2n) is 10.0. The predicted octanol–water partition coefficient (Wildman–Crippen LogP) is 2.75. The number of carbonyl (C=O) groups excluding carboxylic acids is 1. The van der Waals surface area contributed by atoms with E-state index in [0.717, 1.165) is 43.1 Å². The van der Waals surface area contributed by atoms with Crippen LogP contribution in [0.3, 0.4) is 0 Å². The number of H-pyrrole nitrogens is 1. The summed E-state index contributed by atoms with van der Waals surface area (Å²) < 4.78 is 29.0. The molecule has 10 heteroatoms. The van der Waals surface area contributed by atoms with Crippen LogP contribution in [0.2, 0.25) is 0 Å². The minimum Gasteiger partial charge on any atom is -0.379 e. The van der Waals surface area contributed by atoms with Gasteiger partial charge in [-0.25, -0.2) is 18.1 Å². The van der Waals surface area contributed by atoms with Crippen molar-refractivity contribution in [1.29, 1.82) is 0 Å². The maximum Gasteiger partial charge on any atom is 0.254 e. The van der Waals surface area contributed by atoms with Gasteiger partial charge >= 0.3 is 0 Å². The third kappa shape index (κ3) is 6.80. The van der Waals surface area contributed by atoms with E-state index < -0.39 is 15.6 Å². The molecule has 1 fully saturated rings. The SMILES string of the molecule is CCc1nc(CNc2cc(C(=O)N3CCCN(C)CC3)cc(S(=O)(=O)NC(C)(C)C)c2)c(C)[nH]1. The summed E-state index contributed by atoms with van der Waals surface area (Å²) in [5, 5.41) is 3.28. The first kappa shape index (κ1) is 26.2. The molecule has 1 aromatic heterocycles. The van der Waals surface area contributed by atoms with Gasteiger partial charge in [-0.2, -0.15) is 0 Å². The number of anilines is 1. The molecule has 2 heterocycles. The molecule has 2 aromatic rings. The van der Waals surface area contributed by atoms with Crippen LogP contribution >= 0.6 is 0 Å². The molecule has 0 aliphatic carbocycles. The van der Waals surface area contributed by atoms with Crippen LogP contribution in [0.15, 0.2) is 23.1 Å². The van der Waals surface area contributed by atoms with E-state index in [1.54, 1.807) is 32.9 Å². The quantitative estimate of drug-likeness (QED) is 0.551. The van der Waals surface area contributed by atoms with Crippen LogP contribution in [0.1, 0.15) is 61.7 Å². The Hall–Kier alpha value is -2.43. The smallest absolute Gasteiger partial charge is 0.254 e. The number of carbonyl (C=O) groups is 1. The fourth-order valence-corrected chi connectivity index (χ4v) is 5.45. The Morgan fingerprint density at radius 2 is 1.88 bits per heavy atom. The average molecular weight is 491 g/mol. The van der Waals surface area contributed by atoms with Crippen LogP contribution in [-0.4, -0.2) is 72.9 Å². The summed E-state index contributed by atoms with van der Waals surface area (Å²) in [6.07, 6.45) is 1.69. The minimum atomic E-state index is -3.82. The van der Waals surface area contributed by atoms with Crippen molar-refractivity contribution in [2.24, 2.45) is 0 Å². The molecule has 3 rings (SSSR count). The monoisotopic (exact) mass is 490 g/mol. The standard InChI is InChI=1S/C24H38N6O3S/c1-7-22-26-17(2)21(27-22)16-25-19-13-18(23(31)30-10-8-9-29(6)11-12-30)14-20(15-19)34(32,33)28-24(3,4)5/h13-15,25,28H,7-12,16H2,1-6H3,(H,26,27). The van der Waals surface area contributed by atoms with Crippen molar-refractivity contribution in [2.75, 3.05) is 38.5 Å². The Labute approximate surface area is 203 Å². The van der Waals surface area contributed by atoms with E-state index in [-0.39, 0.29) is 10.8 Å². The van der Waals surface area contributed by atoms with Crippen molar-refractivity contribution < 1.29 is 13.2 Å². The van der Waals surface area contributed by atoms with Crippen LogP contribution in [0.4, 0.5) is 5.69 Å². The number of imidazole rings is 1. The largest absolute Gasteiger partial charge is 0.379 e. The zero-order valence-electron chi connectivity index (χ0n) is 21.2. The molecule has 1 aliphatic heterocycles. The van der Waals surface area contributed by atoms with Crippen molar-refractivity contribution in [1.82, 2.24) is 24.5 Å². The Morgan fingerprint density at radius 1 is 1.15 bits per heavy atom. The van der Waals surface area contributed by atoms with E-state index in [4.69, 9.17) is 0 Å². The number of nitrogens with zero attached hydrogens (tertiary/aromatic N) is 3. The summed E-state index contributed by atoms with van der Waals surface area (Å²) in [6.45, 7) is 12.8. The highest BCUT2D eigenvalue weighted by Crippen LogP contribution is 2.23. The zero-order valence-corrected chi connectivity index (χ0v) is 22.0. The second-order valence-corrected chi connectivity index (χ2v) is 11.7. The van der Waals surface area contributed by atoms with E-state index in [0.29, 0.717) is 30.9 Å². The Morgan fingerprint density at radius 3 is 2.53 bits per heavy atom. The summed E-state index contributed by atoms with van der Waals surface area (Å²) in [5.74, 6) is 0.748. The minimum absolute atomic E-state index is 0.0655. The highest BCUT2D eigenvalue weighted by atomic mass is 32.2. The number of sulfonamides is 1. The predicted molar refractivity (Wildman–Crippen MR) is 135 cm³/mol. The first-order chi connectivity index (χ1) is 15.9. The molecule has 1 aromatic carbocycles. The average Bonchev–Trinajstić information content (AvgIpc) is 2.97. The summed E-state index contributed by atoms with van der Waals surface area (Å²) in [7, 11) is -1.78. The molecule has 0 radical (unpaired) electrons. The van der Waals surface area contributed by atoms with Gasteiger partial charge in [0.25, 0.3) is 5.91 Å². The molecule has 3 N–H and O–H groups in total. The molecule has 0 bridgehead atoms. The number of hydrogen-bond donors (Lipinski definition) is 3. The lowest BCUT2D eigenvalue weighted by Crippen LogP contribution is -2.40. The normalized spacial score (nSPS) is 15.9. The lowest BCUT2D eigenvalue weighted by atomic mass is 10.1. The van der Waals surface area contributed by atoms with E-state index in [1.165, 1.54) is 6.07 Å². The third-order valence-corrected chi connectivity index (χ3v) is 7.48. The van der Waals surface area contributed by atoms with Gasteiger partial charge < -0.3 is 20.1 Å². The number of hydrogen-bond acceptors (Lipinski definition) is 6. The van der Waals surface area contributed by atoms with Crippen LogP contribution in [0, 0.1) is 6.92 Å². The van der Waals surface area contributed by atoms with Crippen molar-refractivity contribution in [3.8, 4) is 0 Å². The fraction of sp³-hybridized carbons (Fsp3) is 0.583. The molecular weight excluding hydrogens is 452 g/mol. The Balaban J connectivity index is 1.94. The van der Waals surface area contributed by atoms with Gasteiger partial charge in [0.2, 0.25) is 10.0 Å². The van der Waals surface area contributed by atoms with E-state index >= 15 is 0 Å². The van der Waals surface area contributed by atoms with Gasteiger partial charge in [0.05, 0.1) is 17.1 Å². The lowest BCUT2D eigenvalue weighted by molar-refractivity contribution is 0.0762. The summed E-state index contributed by atoms with van der Waals surface area (Å²) in [5.41, 5.74) is 2.10. The molecule has 9 nitrogen and oxygen atoms in total. The third-order valence-electron chi connectivity index (χ3n) is 5.74. The molecule has 1 saturated heterocycles. The van der Waals surface area contributed by atoms with Crippen molar-refractivity contribution in [3.63, 3.8) is 0 Å². The van der Waals surface area contributed by atoms with Crippen LogP contribution in [0.25, 0.3) is 0 Å². The molecule has 0 spiro atoms. The number of nitrogens with one attached hydrogen (secondary N) is 3. The molecule has 188 valence electrons. The van der Waals surface area contributed by atoms with Gasteiger partial charge in [-0.3, -0.25) is 4.79 Å². The molecular formula is C24H38N6O3S. The summed E-state index contributed by atoms with van der Waals surface area (Å²) in [6, 6.07) is 4.78. The molecule has 0 saturated carbocycles. The first-order valence-electron chi connectivity index (χ1n) is 11.8. The van der Waals surface area contributed by atoms with Gasteiger partial charge in [0.15, 0.2) is 0 Å². The number of amides is 1. The fourth-order valence-electron chi connectivity index (χ4n) is 3.96. The zero-order chi connectivity index (χ0) is 25.1. The van der Waals surface area contributed by atoms with Gasteiger partial charge in [-0.1, -0.05) is 6.92 Å². The van der Waals surface area contributed by atoms with E-state index in [9.17, 15) is 13.2 Å². The summed E-state index contributed by atoms with van der Waals surface area (Å²) in [4.78, 5) is 25.3. The van der Waals surface area contributed by atoms with Crippen molar-refractivity contribution >= 4 is 21.6 Å². The maximum atomic E-state index is 13.4. The molecule has 1 amide bonds. The highest BCUT2D eigenvalue weighted by molar-refractivity contribution is 7.89. The number of benzene rings is 1. The number of aromatic amines is 1. The van der Waals surface area contributed by atoms with Crippen molar-refractivity contribution in [3.05, 3.63) is 41.0 Å². The number of aryl methyl sites for hydroxylation is 2. The van der Waals surface area contributed by atoms with Gasteiger partial charge in [-0.15, -0.1) is 0 Å². The number of likely N-dealkylation sites (N-methyl/N-ethyl adjacent to an activating group) is 1. The van der Waals surface area contributed by atoms with Crippen molar-refractivity contribution in [2.45, 2.75) is 64.4 Å². The first-order valence-corrected chi connectivity index (χ1v) is 13.3. The number of aromatic nitrogens is 2. The van der Waals surface area contributed by atoms with E-state index in [1.807, 2.05) is 25.8 Å². The van der Waals surface area contributed by atoms with Crippen LogP contribution < -0.4 is 10.0 Å².